The van der Waals surface area contributed by atoms with Crippen LogP contribution in [0.15, 0.2) is 18.2 Å². The summed E-state index contributed by atoms with van der Waals surface area (Å²) in [5, 5.41) is 0.695. The van der Waals surface area contributed by atoms with Gasteiger partial charge in [-0.2, -0.15) is 13.2 Å². The summed E-state index contributed by atoms with van der Waals surface area (Å²) in [4.78, 5) is 5.74. The fraction of sp³-hybridized carbons (Fsp3) is 0.619. The van der Waals surface area contributed by atoms with Crippen LogP contribution in [0.2, 0.25) is 0 Å². The number of aromatic amines is 1. The van der Waals surface area contributed by atoms with E-state index in [0.29, 0.717) is 23.8 Å². The van der Waals surface area contributed by atoms with Crippen LogP contribution in [0.4, 0.5) is 13.2 Å². The molecule has 1 aromatic heterocycles. The molecule has 1 saturated heterocycles. The van der Waals surface area contributed by atoms with Gasteiger partial charge in [0.25, 0.3) is 0 Å². The molecule has 30 heavy (non-hydrogen) atoms. The Hall–Kier alpha value is -1.58. The van der Waals surface area contributed by atoms with Crippen molar-refractivity contribution in [2.45, 2.75) is 38.3 Å². The summed E-state index contributed by atoms with van der Waals surface area (Å²) in [5.41, 5.74) is 2.30. The summed E-state index contributed by atoms with van der Waals surface area (Å²) in [6.45, 7) is 5.25. The second-order valence-electron chi connectivity index (χ2n) is 8.80. The Kier molecular flexibility index (Phi) is 5.65. The normalized spacial score (nSPS) is 25.3. The summed E-state index contributed by atoms with van der Waals surface area (Å²) >= 11 is 0. The first-order chi connectivity index (χ1) is 14.0. The Labute approximate surface area is 175 Å². The number of hydrogen-bond donors (Lipinski definition) is 2. The first kappa shape index (κ1) is 21.6. The van der Waals surface area contributed by atoms with E-state index in [-0.39, 0.29) is 5.92 Å². The lowest BCUT2D eigenvalue weighted by molar-refractivity contribution is -0.137. The number of rotatable bonds is 5. The monoisotopic (exact) mass is 443 g/mol. The Morgan fingerprint density at radius 3 is 2.77 bits per heavy atom. The minimum absolute atomic E-state index is 0.174. The van der Waals surface area contributed by atoms with Crippen LogP contribution in [0.5, 0.6) is 0 Å². The van der Waals surface area contributed by atoms with Crippen molar-refractivity contribution in [3.05, 3.63) is 35.0 Å². The Morgan fingerprint density at radius 1 is 1.30 bits per heavy atom. The molecular formula is C21H28F3N3O2S. The number of sulfonamides is 1. The van der Waals surface area contributed by atoms with Gasteiger partial charge in [0, 0.05) is 29.7 Å². The molecule has 5 nitrogen and oxygen atoms in total. The van der Waals surface area contributed by atoms with Crippen molar-refractivity contribution >= 4 is 20.9 Å². The van der Waals surface area contributed by atoms with E-state index < -0.39 is 21.8 Å². The maximum absolute atomic E-state index is 13.2. The van der Waals surface area contributed by atoms with Crippen molar-refractivity contribution in [1.29, 1.82) is 0 Å². The van der Waals surface area contributed by atoms with E-state index in [1.807, 2.05) is 0 Å². The number of nitrogens with zero attached hydrogens (tertiary/aromatic N) is 1. The third kappa shape index (κ3) is 4.38. The molecule has 9 heteroatoms. The maximum Gasteiger partial charge on any atom is 0.416 e. The van der Waals surface area contributed by atoms with E-state index in [1.54, 1.807) is 6.07 Å². The Morgan fingerprint density at radius 2 is 2.07 bits per heavy atom. The standard InChI is InChI=1S/C21H28F3N3O2S/c1-13-17-12-27(8-3-7-25-30(2,28)29)9-6-14(17)10-19-20(13)16-11-15(21(22,23)24)4-5-18(16)26-19/h4-5,11,13-14,17,25-26H,3,6-10,12H2,1-2H3/t13-,14?,17-/m1/s1. The zero-order valence-corrected chi connectivity index (χ0v) is 18.0. The lowest BCUT2D eigenvalue weighted by Crippen LogP contribution is -2.45. The Bertz CT molecular complexity index is 1030. The second-order valence-corrected chi connectivity index (χ2v) is 10.6. The Balaban J connectivity index is 1.51. The van der Waals surface area contributed by atoms with Gasteiger partial charge in [0.1, 0.15) is 0 Å². The van der Waals surface area contributed by atoms with Crippen molar-refractivity contribution < 1.29 is 21.6 Å². The quantitative estimate of drug-likeness (QED) is 0.693. The number of alkyl halides is 3. The SMILES string of the molecule is C[C@H]1c2c([nH]c3ccc(C(F)(F)F)cc23)CC2CCN(CCCNS(C)(=O)=O)C[C@@H]21. The van der Waals surface area contributed by atoms with Crippen LogP contribution >= 0.6 is 0 Å². The van der Waals surface area contributed by atoms with E-state index in [0.717, 1.165) is 68.0 Å². The van der Waals surface area contributed by atoms with Gasteiger partial charge in [-0.3, -0.25) is 0 Å². The molecule has 1 aliphatic carbocycles. The largest absolute Gasteiger partial charge is 0.416 e. The van der Waals surface area contributed by atoms with Gasteiger partial charge in [0.15, 0.2) is 0 Å². The van der Waals surface area contributed by atoms with Crippen LogP contribution in [0, 0.1) is 11.8 Å². The van der Waals surface area contributed by atoms with Crippen LogP contribution in [-0.2, 0) is 22.6 Å². The van der Waals surface area contributed by atoms with Crippen LogP contribution in [0.25, 0.3) is 10.9 Å². The highest BCUT2D eigenvalue weighted by molar-refractivity contribution is 7.88. The topological polar surface area (TPSA) is 65.2 Å². The second kappa shape index (κ2) is 7.84. The molecule has 166 valence electrons. The molecule has 3 atom stereocenters. The van der Waals surface area contributed by atoms with Gasteiger partial charge in [-0.05, 0) is 73.9 Å². The van der Waals surface area contributed by atoms with E-state index >= 15 is 0 Å². The molecule has 1 unspecified atom stereocenters. The third-order valence-electron chi connectivity index (χ3n) is 6.72. The third-order valence-corrected chi connectivity index (χ3v) is 7.45. The van der Waals surface area contributed by atoms with Gasteiger partial charge in [0.2, 0.25) is 10.0 Å². The molecule has 1 aromatic carbocycles. The summed E-state index contributed by atoms with van der Waals surface area (Å²) in [6, 6.07) is 3.99. The predicted molar refractivity (Wildman–Crippen MR) is 111 cm³/mol. The first-order valence-corrected chi connectivity index (χ1v) is 12.3. The number of benzene rings is 1. The number of nitrogens with one attached hydrogen (secondary N) is 2. The molecule has 0 saturated carbocycles. The summed E-state index contributed by atoms with van der Waals surface area (Å²) in [6.07, 6.45) is -0.515. The van der Waals surface area contributed by atoms with E-state index in [4.69, 9.17) is 0 Å². The van der Waals surface area contributed by atoms with Crippen LogP contribution in [-0.4, -0.2) is 50.7 Å². The molecule has 0 amide bonds. The molecule has 1 aliphatic heterocycles. The molecule has 0 bridgehead atoms. The first-order valence-electron chi connectivity index (χ1n) is 10.4. The van der Waals surface area contributed by atoms with Crippen LogP contribution in [0.3, 0.4) is 0 Å². The zero-order valence-electron chi connectivity index (χ0n) is 17.2. The molecule has 2 N–H and O–H groups in total. The van der Waals surface area contributed by atoms with Crippen molar-refractivity contribution in [2.75, 3.05) is 32.4 Å². The van der Waals surface area contributed by atoms with Gasteiger partial charge in [0.05, 0.1) is 11.8 Å². The van der Waals surface area contributed by atoms with Gasteiger partial charge in [-0.1, -0.05) is 6.92 Å². The number of hydrogen-bond acceptors (Lipinski definition) is 3. The summed E-state index contributed by atoms with van der Waals surface area (Å²) < 4.78 is 64.6. The fourth-order valence-corrected chi connectivity index (χ4v) is 5.80. The fourth-order valence-electron chi connectivity index (χ4n) is 5.29. The van der Waals surface area contributed by atoms with E-state index in [2.05, 4.69) is 21.5 Å². The molecule has 1 fully saturated rings. The number of fused-ring (bicyclic) bond motifs is 4. The smallest absolute Gasteiger partial charge is 0.358 e. The van der Waals surface area contributed by atoms with Crippen LogP contribution < -0.4 is 4.72 Å². The zero-order chi connectivity index (χ0) is 21.7. The molecule has 2 aromatic rings. The average Bonchev–Trinajstić information content (AvgIpc) is 3.02. The number of H-pyrrole nitrogens is 1. The highest BCUT2D eigenvalue weighted by Gasteiger charge is 2.40. The minimum Gasteiger partial charge on any atom is -0.358 e. The molecule has 2 aliphatic rings. The number of likely N-dealkylation sites (tertiary alicyclic amines) is 1. The van der Waals surface area contributed by atoms with Gasteiger partial charge < -0.3 is 9.88 Å². The highest BCUT2D eigenvalue weighted by atomic mass is 32.2. The molecule has 0 spiro atoms. The highest BCUT2D eigenvalue weighted by Crippen LogP contribution is 2.46. The average molecular weight is 444 g/mol. The lowest BCUT2D eigenvalue weighted by Gasteiger charge is -2.44. The summed E-state index contributed by atoms with van der Waals surface area (Å²) in [7, 11) is -3.17. The molecule has 4 rings (SSSR count). The number of aromatic nitrogens is 1. The number of halogens is 3. The summed E-state index contributed by atoms with van der Waals surface area (Å²) in [5.74, 6) is 1.09. The van der Waals surface area contributed by atoms with Crippen molar-refractivity contribution in [3.8, 4) is 0 Å². The van der Waals surface area contributed by atoms with Gasteiger partial charge >= 0.3 is 6.18 Å². The van der Waals surface area contributed by atoms with E-state index in [1.165, 1.54) is 6.07 Å². The van der Waals surface area contributed by atoms with Crippen molar-refractivity contribution in [1.82, 2.24) is 14.6 Å². The van der Waals surface area contributed by atoms with Gasteiger partial charge in [-0.15, -0.1) is 0 Å². The lowest BCUT2D eigenvalue weighted by atomic mass is 9.68. The maximum atomic E-state index is 13.2. The van der Waals surface area contributed by atoms with Gasteiger partial charge in [-0.25, -0.2) is 13.1 Å². The predicted octanol–water partition coefficient (Wildman–Crippen LogP) is 3.72. The molecule has 0 radical (unpaired) electrons. The molecular weight excluding hydrogens is 415 g/mol. The van der Waals surface area contributed by atoms with Crippen molar-refractivity contribution in [2.24, 2.45) is 11.8 Å². The number of piperidine rings is 1. The molecule has 2 heterocycles. The minimum atomic E-state index is -4.35. The van der Waals surface area contributed by atoms with Crippen molar-refractivity contribution in [3.63, 3.8) is 0 Å². The van der Waals surface area contributed by atoms with Crippen LogP contribution in [0.1, 0.15) is 42.5 Å². The van der Waals surface area contributed by atoms with E-state index in [9.17, 15) is 21.6 Å².